The first kappa shape index (κ1) is 26.8. The number of unbranched alkanes of at least 4 members (excludes halogenated alkanes) is 2. The van der Waals surface area contributed by atoms with Crippen molar-refractivity contribution in [3.8, 4) is 11.3 Å². The molecular weight excluding hydrogens is 520 g/mol. The minimum Gasteiger partial charge on any atom is -0.481 e. The van der Waals surface area contributed by atoms with Crippen LogP contribution in [0.15, 0.2) is 39.7 Å². The summed E-state index contributed by atoms with van der Waals surface area (Å²) in [7, 11) is 0. The summed E-state index contributed by atoms with van der Waals surface area (Å²) >= 11 is 6.18. The van der Waals surface area contributed by atoms with Gasteiger partial charge in [0.1, 0.15) is 15.8 Å². The Morgan fingerprint density at radius 2 is 1.66 bits per heavy atom. The summed E-state index contributed by atoms with van der Waals surface area (Å²) < 4.78 is 84.4. The van der Waals surface area contributed by atoms with Gasteiger partial charge in [-0.2, -0.15) is 26.3 Å². The quantitative estimate of drug-likeness (QED) is 0.172. The van der Waals surface area contributed by atoms with Crippen LogP contribution in [0.4, 0.5) is 26.3 Å². The molecule has 3 rings (SSSR count). The molecule has 1 aliphatic rings. The van der Waals surface area contributed by atoms with Gasteiger partial charge < -0.3 is 9.52 Å². The molecule has 1 N–H and O–H groups in total. The summed E-state index contributed by atoms with van der Waals surface area (Å²) in [6.45, 7) is 0.287. The number of amides is 1. The molecule has 5 nitrogen and oxygen atoms in total. The van der Waals surface area contributed by atoms with E-state index in [-0.39, 0.29) is 39.8 Å². The molecule has 2 heterocycles. The van der Waals surface area contributed by atoms with Crippen LogP contribution in [-0.2, 0) is 21.9 Å². The van der Waals surface area contributed by atoms with E-state index in [1.807, 2.05) is 0 Å². The zero-order chi connectivity index (χ0) is 26.0. The maximum Gasteiger partial charge on any atom is 0.416 e. The standard InChI is InChI=1S/C22H17F6NO4S2/c23-21(24,25)13-8-12(9-14(10-13)22(26,27)28)16-6-5-15(33-16)11-17-19(32)29(20(34)35-17)7-3-1-2-4-18(30)31/h5-6,8-11H,1-4,7H2,(H,30,31)/b17-11-. The van der Waals surface area contributed by atoms with Crippen LogP contribution in [0.1, 0.15) is 42.6 Å². The van der Waals surface area contributed by atoms with Crippen LogP contribution in [0.2, 0.25) is 0 Å². The van der Waals surface area contributed by atoms with Gasteiger partial charge in [0.15, 0.2) is 0 Å². The topological polar surface area (TPSA) is 70.8 Å². The lowest BCUT2D eigenvalue weighted by Gasteiger charge is -2.13. The Labute approximate surface area is 204 Å². The van der Waals surface area contributed by atoms with Gasteiger partial charge in [-0.05, 0) is 43.2 Å². The van der Waals surface area contributed by atoms with E-state index < -0.39 is 40.9 Å². The highest BCUT2D eigenvalue weighted by molar-refractivity contribution is 8.26. The number of halogens is 6. The molecule has 1 fully saturated rings. The maximum atomic E-state index is 13.1. The van der Waals surface area contributed by atoms with Crippen LogP contribution in [0, 0.1) is 0 Å². The number of benzene rings is 1. The molecule has 1 aromatic heterocycles. The third kappa shape index (κ3) is 6.88. The molecule has 0 bridgehead atoms. The molecule has 1 amide bonds. The van der Waals surface area contributed by atoms with Gasteiger partial charge in [0.25, 0.3) is 5.91 Å². The first-order chi connectivity index (χ1) is 16.3. The first-order valence-corrected chi connectivity index (χ1v) is 11.3. The Bertz CT molecular complexity index is 1140. The molecule has 0 saturated carbocycles. The number of carbonyl (C=O) groups is 2. The number of carboxylic acids is 1. The van der Waals surface area contributed by atoms with Crippen molar-refractivity contribution < 1.29 is 45.5 Å². The molecule has 1 aliphatic heterocycles. The smallest absolute Gasteiger partial charge is 0.416 e. The van der Waals surface area contributed by atoms with Gasteiger partial charge in [-0.3, -0.25) is 14.5 Å². The van der Waals surface area contributed by atoms with Gasteiger partial charge in [0.05, 0.1) is 16.0 Å². The van der Waals surface area contributed by atoms with E-state index in [4.69, 9.17) is 21.7 Å². The number of thioether (sulfide) groups is 1. The predicted octanol–water partition coefficient (Wildman–Crippen LogP) is 6.83. The van der Waals surface area contributed by atoms with Crippen molar-refractivity contribution in [3.05, 3.63) is 52.1 Å². The van der Waals surface area contributed by atoms with E-state index in [1.165, 1.54) is 23.1 Å². The fourth-order valence-corrected chi connectivity index (χ4v) is 4.52. The fraction of sp³-hybridized carbons (Fsp3) is 0.318. The molecule has 1 saturated heterocycles. The van der Waals surface area contributed by atoms with Crippen molar-refractivity contribution in [1.29, 1.82) is 0 Å². The van der Waals surface area contributed by atoms with Crippen molar-refractivity contribution in [2.75, 3.05) is 6.54 Å². The van der Waals surface area contributed by atoms with Crippen molar-refractivity contribution in [3.63, 3.8) is 0 Å². The van der Waals surface area contributed by atoms with Gasteiger partial charge in [0.2, 0.25) is 0 Å². The molecule has 0 atom stereocenters. The Morgan fingerprint density at radius 3 is 2.23 bits per heavy atom. The zero-order valence-corrected chi connectivity index (χ0v) is 19.3. The molecule has 13 heteroatoms. The summed E-state index contributed by atoms with van der Waals surface area (Å²) in [5, 5.41) is 8.65. The van der Waals surface area contributed by atoms with E-state index in [1.54, 1.807) is 0 Å². The van der Waals surface area contributed by atoms with Gasteiger partial charge in [-0.25, -0.2) is 0 Å². The van der Waals surface area contributed by atoms with Crippen molar-refractivity contribution in [1.82, 2.24) is 4.90 Å². The molecular formula is C22H17F6NO4S2. The second-order valence-electron chi connectivity index (χ2n) is 7.53. The first-order valence-electron chi connectivity index (χ1n) is 10.1. The molecule has 2 aromatic rings. The number of thiocarbonyl (C=S) groups is 1. The number of aliphatic carboxylic acids is 1. The van der Waals surface area contributed by atoms with Gasteiger partial charge in [-0.15, -0.1) is 0 Å². The molecule has 188 valence electrons. The number of furan rings is 1. The second-order valence-corrected chi connectivity index (χ2v) is 9.21. The average Bonchev–Trinajstić information content (AvgIpc) is 3.31. The third-order valence-corrected chi connectivity index (χ3v) is 6.30. The van der Waals surface area contributed by atoms with Crippen LogP contribution in [-0.4, -0.2) is 32.7 Å². The van der Waals surface area contributed by atoms with Crippen LogP contribution < -0.4 is 0 Å². The summed E-state index contributed by atoms with van der Waals surface area (Å²) in [5.74, 6) is -1.51. The van der Waals surface area contributed by atoms with Gasteiger partial charge in [0, 0.05) is 24.6 Å². The Morgan fingerprint density at radius 1 is 1.03 bits per heavy atom. The van der Waals surface area contributed by atoms with Crippen LogP contribution in [0.5, 0.6) is 0 Å². The predicted molar refractivity (Wildman–Crippen MR) is 120 cm³/mol. The summed E-state index contributed by atoms with van der Waals surface area (Å²) in [5.41, 5.74) is -3.35. The number of carboxylic acid groups (broad SMARTS) is 1. The minimum atomic E-state index is -4.99. The van der Waals surface area contributed by atoms with E-state index in [0.29, 0.717) is 31.4 Å². The molecule has 0 aliphatic carbocycles. The zero-order valence-electron chi connectivity index (χ0n) is 17.7. The number of hydrogen-bond donors (Lipinski definition) is 1. The number of hydrogen-bond acceptors (Lipinski definition) is 5. The average molecular weight is 538 g/mol. The fourth-order valence-electron chi connectivity index (χ4n) is 3.23. The van der Waals surface area contributed by atoms with E-state index in [0.717, 1.165) is 11.8 Å². The summed E-state index contributed by atoms with van der Waals surface area (Å²) in [4.78, 5) is 24.7. The molecule has 0 spiro atoms. The van der Waals surface area contributed by atoms with Crippen LogP contribution in [0.25, 0.3) is 17.4 Å². The highest BCUT2D eigenvalue weighted by atomic mass is 32.2. The van der Waals surface area contributed by atoms with Gasteiger partial charge >= 0.3 is 18.3 Å². The number of carbonyl (C=O) groups excluding carboxylic acids is 1. The Kier molecular flexibility index (Phi) is 8.00. The molecule has 0 radical (unpaired) electrons. The largest absolute Gasteiger partial charge is 0.481 e. The van der Waals surface area contributed by atoms with Crippen LogP contribution in [0.3, 0.4) is 0 Å². The number of nitrogens with zero attached hydrogens (tertiary/aromatic N) is 1. The summed E-state index contributed by atoms with van der Waals surface area (Å²) in [6.07, 6.45) is -7.07. The van der Waals surface area contributed by atoms with Crippen molar-refractivity contribution in [2.24, 2.45) is 0 Å². The van der Waals surface area contributed by atoms with Crippen molar-refractivity contribution >= 4 is 46.3 Å². The third-order valence-electron chi connectivity index (χ3n) is 4.92. The molecule has 0 unspecified atom stereocenters. The summed E-state index contributed by atoms with van der Waals surface area (Å²) in [6, 6.07) is 3.68. The molecule has 35 heavy (non-hydrogen) atoms. The lowest BCUT2D eigenvalue weighted by molar-refractivity contribution is -0.143. The lowest BCUT2D eigenvalue weighted by atomic mass is 10.0. The highest BCUT2D eigenvalue weighted by Gasteiger charge is 2.37. The van der Waals surface area contributed by atoms with Crippen LogP contribution >= 0.6 is 24.0 Å². The van der Waals surface area contributed by atoms with E-state index in [2.05, 4.69) is 0 Å². The second kappa shape index (κ2) is 10.4. The minimum absolute atomic E-state index is 0.0233. The number of alkyl halides is 6. The normalized spacial score (nSPS) is 15.9. The monoisotopic (exact) mass is 537 g/mol. The van der Waals surface area contributed by atoms with Crippen molar-refractivity contribution in [2.45, 2.75) is 38.0 Å². The molecule has 1 aromatic carbocycles. The van der Waals surface area contributed by atoms with E-state index in [9.17, 15) is 35.9 Å². The lowest BCUT2D eigenvalue weighted by Crippen LogP contribution is -2.29. The van der Waals surface area contributed by atoms with E-state index >= 15 is 0 Å². The Hall–Kier alpha value is -2.80. The maximum absolute atomic E-state index is 13.1. The number of rotatable bonds is 8. The SMILES string of the molecule is O=C(O)CCCCCN1C(=O)/C(=C/c2ccc(-c3cc(C(F)(F)F)cc(C(F)(F)F)c3)o2)SC1=S. The van der Waals surface area contributed by atoms with Gasteiger partial charge in [-0.1, -0.05) is 30.4 Å². The highest BCUT2D eigenvalue weighted by Crippen LogP contribution is 2.39. The Balaban J connectivity index is 1.78.